The second-order valence-corrected chi connectivity index (χ2v) is 9.97. The fourth-order valence-corrected chi connectivity index (χ4v) is 5.72. The lowest BCUT2D eigenvalue weighted by atomic mass is 9.93. The number of rotatable bonds is 4. The number of aromatic nitrogens is 2. The Morgan fingerprint density at radius 1 is 1.06 bits per heavy atom. The Labute approximate surface area is 182 Å². The largest absolute Gasteiger partial charge is 0.375 e. The standard InChI is InChI=1S/C24H30F2N4O/c1-24(2)12-19(7-8-31-24)30-13-15-9-18(10-16(15)14-30)27-23-6-5-22(28-29-23)20-11-17(25)3-4-21(20)26/h3-6,11,15-16,18-19H,7-10,12-14H2,1-2H3,(H,27,29)/t15-,16+,18?,19?. The van der Waals surface area contributed by atoms with E-state index in [-0.39, 0.29) is 11.2 Å². The number of likely N-dealkylation sites (tertiary alicyclic amines) is 1. The lowest BCUT2D eigenvalue weighted by Crippen LogP contribution is -2.45. The summed E-state index contributed by atoms with van der Waals surface area (Å²) < 4.78 is 33.3. The smallest absolute Gasteiger partial charge is 0.148 e. The molecule has 0 bridgehead atoms. The molecule has 2 saturated heterocycles. The van der Waals surface area contributed by atoms with Crippen LogP contribution >= 0.6 is 0 Å². The van der Waals surface area contributed by atoms with Crippen LogP contribution in [-0.2, 0) is 4.74 Å². The first-order chi connectivity index (χ1) is 14.9. The van der Waals surface area contributed by atoms with E-state index in [0.717, 1.165) is 62.3 Å². The average Bonchev–Trinajstić information content (AvgIpc) is 3.28. The van der Waals surface area contributed by atoms with E-state index in [1.807, 2.05) is 0 Å². The van der Waals surface area contributed by atoms with Crippen molar-refractivity contribution in [3.05, 3.63) is 42.0 Å². The van der Waals surface area contributed by atoms with E-state index in [1.54, 1.807) is 12.1 Å². The van der Waals surface area contributed by atoms with Gasteiger partial charge in [0.05, 0.1) is 11.3 Å². The molecule has 2 aliphatic heterocycles. The van der Waals surface area contributed by atoms with Crippen LogP contribution in [0.25, 0.3) is 11.3 Å². The fourth-order valence-electron chi connectivity index (χ4n) is 5.72. The van der Waals surface area contributed by atoms with Crippen LogP contribution in [0.3, 0.4) is 0 Å². The van der Waals surface area contributed by atoms with Crippen LogP contribution in [0.1, 0.15) is 39.5 Å². The van der Waals surface area contributed by atoms with Crippen LogP contribution in [0.5, 0.6) is 0 Å². The Morgan fingerprint density at radius 2 is 1.84 bits per heavy atom. The molecule has 4 atom stereocenters. The number of ether oxygens (including phenoxy) is 1. The highest BCUT2D eigenvalue weighted by molar-refractivity contribution is 5.60. The summed E-state index contributed by atoms with van der Waals surface area (Å²) in [4.78, 5) is 2.69. The van der Waals surface area contributed by atoms with Gasteiger partial charge in [0.2, 0.25) is 0 Å². The van der Waals surface area contributed by atoms with Crippen molar-refractivity contribution in [2.45, 2.75) is 57.2 Å². The third kappa shape index (κ3) is 4.44. The molecular formula is C24H30F2N4O. The van der Waals surface area contributed by atoms with Crippen LogP contribution in [0.4, 0.5) is 14.6 Å². The maximum atomic E-state index is 14.0. The van der Waals surface area contributed by atoms with Crippen LogP contribution in [-0.4, -0.2) is 52.5 Å². The third-order valence-electron chi connectivity index (χ3n) is 7.19. The summed E-state index contributed by atoms with van der Waals surface area (Å²) in [6.07, 6.45) is 4.52. The number of hydrogen-bond acceptors (Lipinski definition) is 5. The molecule has 1 N–H and O–H groups in total. The van der Waals surface area contributed by atoms with Gasteiger partial charge in [0.1, 0.15) is 17.5 Å². The molecule has 0 amide bonds. The van der Waals surface area contributed by atoms with Crippen molar-refractivity contribution in [1.29, 1.82) is 0 Å². The molecule has 3 aliphatic rings. The molecule has 31 heavy (non-hydrogen) atoms. The SMILES string of the molecule is CC1(C)CC(N2C[C@H]3CC(Nc4ccc(-c5cc(F)ccc5F)nn4)C[C@H]3C2)CCO1. The number of benzene rings is 1. The van der Waals surface area contributed by atoms with Crippen LogP contribution in [0.2, 0.25) is 0 Å². The minimum Gasteiger partial charge on any atom is -0.375 e. The van der Waals surface area contributed by atoms with Crippen molar-refractivity contribution in [3.8, 4) is 11.3 Å². The van der Waals surface area contributed by atoms with Crippen molar-refractivity contribution in [3.63, 3.8) is 0 Å². The summed E-state index contributed by atoms with van der Waals surface area (Å²) in [7, 11) is 0. The van der Waals surface area contributed by atoms with Gasteiger partial charge in [-0.25, -0.2) is 8.78 Å². The predicted molar refractivity (Wildman–Crippen MR) is 116 cm³/mol. The molecule has 1 aromatic carbocycles. The average molecular weight is 429 g/mol. The summed E-state index contributed by atoms with van der Waals surface area (Å²) in [5, 5.41) is 11.8. The van der Waals surface area contributed by atoms with Gasteiger partial charge in [0.25, 0.3) is 0 Å². The second kappa shape index (κ2) is 8.10. The maximum Gasteiger partial charge on any atom is 0.148 e. The zero-order valence-electron chi connectivity index (χ0n) is 18.2. The summed E-state index contributed by atoms with van der Waals surface area (Å²) in [6, 6.07) is 7.88. The summed E-state index contributed by atoms with van der Waals surface area (Å²) >= 11 is 0. The Kier molecular flexibility index (Phi) is 5.42. The van der Waals surface area contributed by atoms with E-state index in [2.05, 4.69) is 34.3 Å². The zero-order chi connectivity index (χ0) is 21.6. The number of anilines is 1. The first-order valence-corrected chi connectivity index (χ1v) is 11.3. The lowest BCUT2D eigenvalue weighted by molar-refractivity contribution is -0.0811. The van der Waals surface area contributed by atoms with Gasteiger partial charge in [-0.1, -0.05) is 0 Å². The van der Waals surface area contributed by atoms with E-state index in [4.69, 9.17) is 4.74 Å². The van der Waals surface area contributed by atoms with Gasteiger partial charge in [0.15, 0.2) is 0 Å². The Balaban J connectivity index is 1.17. The maximum absolute atomic E-state index is 14.0. The molecule has 0 spiro atoms. The molecule has 5 nitrogen and oxygen atoms in total. The number of nitrogens with zero attached hydrogens (tertiary/aromatic N) is 3. The van der Waals surface area contributed by atoms with Crippen LogP contribution in [0.15, 0.2) is 30.3 Å². The molecule has 2 aromatic rings. The molecule has 1 aliphatic carbocycles. The van der Waals surface area contributed by atoms with Crippen molar-refractivity contribution >= 4 is 5.82 Å². The quantitative estimate of drug-likeness (QED) is 0.777. The molecule has 5 rings (SSSR count). The molecule has 1 aromatic heterocycles. The Hall–Kier alpha value is -2.12. The lowest BCUT2D eigenvalue weighted by Gasteiger charge is -2.40. The highest BCUT2D eigenvalue weighted by atomic mass is 19.1. The molecule has 0 radical (unpaired) electrons. The van der Waals surface area contributed by atoms with Crippen molar-refractivity contribution in [2.24, 2.45) is 11.8 Å². The summed E-state index contributed by atoms with van der Waals surface area (Å²) in [6.45, 7) is 7.61. The van der Waals surface area contributed by atoms with E-state index in [1.165, 1.54) is 13.1 Å². The molecule has 2 unspecified atom stereocenters. The zero-order valence-corrected chi connectivity index (χ0v) is 18.2. The van der Waals surface area contributed by atoms with Crippen molar-refractivity contribution in [2.75, 3.05) is 25.0 Å². The monoisotopic (exact) mass is 428 g/mol. The molecular weight excluding hydrogens is 398 g/mol. The van der Waals surface area contributed by atoms with Gasteiger partial charge < -0.3 is 10.1 Å². The van der Waals surface area contributed by atoms with Crippen LogP contribution in [0, 0.1) is 23.5 Å². The van der Waals surface area contributed by atoms with E-state index in [0.29, 0.717) is 23.6 Å². The van der Waals surface area contributed by atoms with Crippen molar-refractivity contribution < 1.29 is 13.5 Å². The second-order valence-electron chi connectivity index (χ2n) is 9.97. The van der Waals surface area contributed by atoms with E-state index >= 15 is 0 Å². The Morgan fingerprint density at radius 3 is 2.52 bits per heavy atom. The Bertz CT molecular complexity index is 922. The molecule has 3 fully saturated rings. The van der Waals surface area contributed by atoms with Gasteiger partial charge >= 0.3 is 0 Å². The van der Waals surface area contributed by atoms with Gasteiger partial charge in [-0.3, -0.25) is 4.90 Å². The normalized spacial score (nSPS) is 30.3. The molecule has 166 valence electrons. The van der Waals surface area contributed by atoms with E-state index < -0.39 is 11.6 Å². The van der Waals surface area contributed by atoms with Gasteiger partial charge in [-0.2, -0.15) is 0 Å². The van der Waals surface area contributed by atoms with Crippen LogP contribution < -0.4 is 5.32 Å². The summed E-state index contributed by atoms with van der Waals surface area (Å²) in [5.41, 5.74) is 0.455. The minimum atomic E-state index is -0.502. The molecule has 7 heteroatoms. The summed E-state index contributed by atoms with van der Waals surface area (Å²) in [5.74, 6) is 1.14. The number of halogens is 2. The highest BCUT2D eigenvalue weighted by Crippen LogP contribution is 2.41. The fraction of sp³-hybridized carbons (Fsp3) is 0.583. The number of fused-ring (bicyclic) bond motifs is 1. The number of hydrogen-bond donors (Lipinski definition) is 1. The third-order valence-corrected chi connectivity index (χ3v) is 7.19. The topological polar surface area (TPSA) is 50.3 Å². The van der Waals surface area contributed by atoms with Crippen molar-refractivity contribution in [1.82, 2.24) is 15.1 Å². The van der Waals surface area contributed by atoms with Gasteiger partial charge in [0, 0.05) is 37.3 Å². The predicted octanol–water partition coefficient (Wildman–Crippen LogP) is 4.50. The first-order valence-electron chi connectivity index (χ1n) is 11.3. The molecule has 1 saturated carbocycles. The first kappa shape index (κ1) is 20.8. The van der Waals surface area contributed by atoms with Gasteiger partial charge in [-0.15, -0.1) is 10.2 Å². The molecule has 3 heterocycles. The highest BCUT2D eigenvalue weighted by Gasteiger charge is 2.44. The van der Waals surface area contributed by atoms with E-state index in [9.17, 15) is 8.78 Å². The number of nitrogens with one attached hydrogen (secondary N) is 1. The minimum absolute atomic E-state index is 0.00995. The van der Waals surface area contributed by atoms with Gasteiger partial charge in [-0.05, 0) is 81.7 Å².